The fourth-order valence-corrected chi connectivity index (χ4v) is 5.43. The number of anilines is 2. The molecule has 0 radical (unpaired) electrons. The van der Waals surface area contributed by atoms with Crippen molar-refractivity contribution in [1.82, 2.24) is 4.90 Å². The third kappa shape index (κ3) is 5.17. The van der Waals surface area contributed by atoms with E-state index >= 15 is 0 Å². The van der Waals surface area contributed by atoms with Crippen molar-refractivity contribution in [3.63, 3.8) is 0 Å². The molecule has 5 heteroatoms. The van der Waals surface area contributed by atoms with Gasteiger partial charge in [-0.1, -0.05) is 43.0 Å². The van der Waals surface area contributed by atoms with E-state index in [1.54, 1.807) is 0 Å². The van der Waals surface area contributed by atoms with Crippen molar-refractivity contribution in [2.45, 2.75) is 58.0 Å². The first kappa shape index (κ1) is 22.0. The summed E-state index contributed by atoms with van der Waals surface area (Å²) in [5.74, 6) is 0. The van der Waals surface area contributed by atoms with Crippen molar-refractivity contribution in [3.05, 3.63) is 58.1 Å². The molecule has 164 valence electrons. The van der Waals surface area contributed by atoms with Crippen LogP contribution in [0.25, 0.3) is 0 Å². The van der Waals surface area contributed by atoms with E-state index in [2.05, 4.69) is 52.4 Å². The third-order valence-corrected chi connectivity index (χ3v) is 7.22. The fourth-order valence-electron chi connectivity index (χ4n) is 5.03. The number of rotatable bonds is 5. The summed E-state index contributed by atoms with van der Waals surface area (Å²) < 4.78 is 0. The Hall–Kier alpha value is -2.22. The van der Waals surface area contributed by atoms with Crippen LogP contribution in [0, 0.1) is 18.3 Å². The largest absolute Gasteiger partial charge is 0.377 e. The second kappa shape index (κ2) is 9.94. The second-order valence-corrected chi connectivity index (χ2v) is 9.45. The molecule has 1 N–H and O–H groups in total. The molecule has 2 aromatic rings. The highest BCUT2D eigenvalue weighted by molar-refractivity contribution is 6.31. The maximum atomic E-state index is 9.64. The van der Waals surface area contributed by atoms with E-state index in [0.29, 0.717) is 5.56 Å². The highest BCUT2D eigenvalue weighted by atomic mass is 35.5. The molecule has 1 aliphatic carbocycles. The van der Waals surface area contributed by atoms with Gasteiger partial charge in [-0.3, -0.25) is 4.90 Å². The minimum absolute atomic E-state index is 0.0126. The van der Waals surface area contributed by atoms with Crippen molar-refractivity contribution in [3.8, 4) is 6.07 Å². The van der Waals surface area contributed by atoms with E-state index in [-0.39, 0.29) is 6.04 Å². The Bertz CT molecular complexity index is 937. The number of nitriles is 1. The van der Waals surface area contributed by atoms with Crippen LogP contribution in [0.1, 0.15) is 61.8 Å². The SMILES string of the molecule is Cc1ccc(C(C)Nc2cc(N3CCN(C4CCCCC4)CC3)ccc2C#N)c(Cl)c1. The maximum absolute atomic E-state index is 9.64. The Kier molecular flexibility index (Phi) is 7.05. The molecule has 0 bridgehead atoms. The monoisotopic (exact) mass is 436 g/mol. The number of piperazine rings is 1. The van der Waals surface area contributed by atoms with Gasteiger partial charge in [-0.15, -0.1) is 0 Å². The smallest absolute Gasteiger partial charge is 0.101 e. The molecular formula is C26H33ClN4. The first-order valence-electron chi connectivity index (χ1n) is 11.6. The van der Waals surface area contributed by atoms with Crippen LogP contribution in [0.5, 0.6) is 0 Å². The van der Waals surface area contributed by atoms with E-state index in [4.69, 9.17) is 11.6 Å². The molecule has 1 atom stereocenters. The van der Waals surface area contributed by atoms with Crippen LogP contribution in [0.3, 0.4) is 0 Å². The van der Waals surface area contributed by atoms with Gasteiger partial charge in [0.05, 0.1) is 17.3 Å². The summed E-state index contributed by atoms with van der Waals surface area (Å²) in [7, 11) is 0. The van der Waals surface area contributed by atoms with Crippen LogP contribution >= 0.6 is 11.6 Å². The minimum atomic E-state index is 0.0126. The number of hydrogen-bond acceptors (Lipinski definition) is 4. The normalized spacial score (nSPS) is 19.1. The molecule has 1 saturated carbocycles. The van der Waals surface area contributed by atoms with Crippen LogP contribution in [-0.4, -0.2) is 37.1 Å². The van der Waals surface area contributed by atoms with Crippen molar-refractivity contribution >= 4 is 23.0 Å². The number of nitrogens with one attached hydrogen (secondary N) is 1. The van der Waals surface area contributed by atoms with Gasteiger partial charge in [0.25, 0.3) is 0 Å². The van der Waals surface area contributed by atoms with Crippen LogP contribution in [0.2, 0.25) is 5.02 Å². The molecule has 0 amide bonds. The topological polar surface area (TPSA) is 42.3 Å². The molecule has 31 heavy (non-hydrogen) atoms. The van der Waals surface area contributed by atoms with Crippen molar-refractivity contribution in [2.75, 3.05) is 36.4 Å². The molecule has 1 heterocycles. The maximum Gasteiger partial charge on any atom is 0.101 e. The third-order valence-electron chi connectivity index (χ3n) is 6.89. The zero-order valence-electron chi connectivity index (χ0n) is 18.7. The van der Waals surface area contributed by atoms with Gasteiger partial charge < -0.3 is 10.2 Å². The Morgan fingerprint density at radius 1 is 1.03 bits per heavy atom. The summed E-state index contributed by atoms with van der Waals surface area (Å²) >= 11 is 6.48. The summed E-state index contributed by atoms with van der Waals surface area (Å²) in [6.07, 6.45) is 6.91. The van der Waals surface area contributed by atoms with Crippen molar-refractivity contribution < 1.29 is 0 Å². The van der Waals surface area contributed by atoms with Crippen LogP contribution in [0.15, 0.2) is 36.4 Å². The number of hydrogen-bond donors (Lipinski definition) is 1. The number of nitrogens with zero attached hydrogens (tertiary/aromatic N) is 3. The Morgan fingerprint density at radius 3 is 2.45 bits per heavy atom. The zero-order valence-corrected chi connectivity index (χ0v) is 19.5. The molecule has 4 nitrogen and oxygen atoms in total. The number of aryl methyl sites for hydroxylation is 1. The lowest BCUT2D eigenvalue weighted by atomic mass is 9.94. The molecule has 1 saturated heterocycles. The highest BCUT2D eigenvalue weighted by Crippen LogP contribution is 2.31. The first-order valence-corrected chi connectivity index (χ1v) is 12.0. The predicted molar refractivity (Wildman–Crippen MR) is 130 cm³/mol. The van der Waals surface area contributed by atoms with E-state index in [0.717, 1.165) is 54.1 Å². The van der Waals surface area contributed by atoms with Gasteiger partial charge in [-0.2, -0.15) is 5.26 Å². The summed E-state index contributed by atoms with van der Waals surface area (Å²) in [5.41, 5.74) is 4.92. The van der Waals surface area contributed by atoms with Gasteiger partial charge in [0.15, 0.2) is 0 Å². The van der Waals surface area contributed by atoms with Gasteiger partial charge in [0, 0.05) is 42.9 Å². The Labute approximate surface area is 191 Å². The summed E-state index contributed by atoms with van der Waals surface area (Å²) in [6, 6.07) is 15.4. The average Bonchev–Trinajstić information content (AvgIpc) is 2.79. The van der Waals surface area contributed by atoms with Crippen molar-refractivity contribution in [2.24, 2.45) is 0 Å². The number of benzene rings is 2. The molecule has 2 aromatic carbocycles. The van der Waals surface area contributed by atoms with Gasteiger partial charge in [-0.05, 0) is 62.1 Å². The molecule has 2 aliphatic rings. The lowest BCUT2D eigenvalue weighted by molar-refractivity contribution is 0.148. The van der Waals surface area contributed by atoms with Gasteiger partial charge in [0.2, 0.25) is 0 Å². The van der Waals surface area contributed by atoms with Crippen LogP contribution in [0.4, 0.5) is 11.4 Å². The van der Waals surface area contributed by atoms with Crippen LogP contribution in [-0.2, 0) is 0 Å². The molecule has 1 unspecified atom stereocenters. The average molecular weight is 437 g/mol. The number of halogens is 1. The van der Waals surface area contributed by atoms with Gasteiger partial charge >= 0.3 is 0 Å². The lowest BCUT2D eigenvalue weighted by Crippen LogP contribution is -2.50. The second-order valence-electron chi connectivity index (χ2n) is 9.05. The van der Waals surface area contributed by atoms with E-state index < -0.39 is 0 Å². The quantitative estimate of drug-likeness (QED) is 0.610. The Balaban J connectivity index is 1.46. The van der Waals surface area contributed by atoms with Crippen molar-refractivity contribution in [1.29, 1.82) is 5.26 Å². The van der Waals surface area contributed by atoms with Gasteiger partial charge in [0.1, 0.15) is 6.07 Å². The molecule has 0 aromatic heterocycles. The molecule has 1 aliphatic heterocycles. The molecular weight excluding hydrogens is 404 g/mol. The van der Waals surface area contributed by atoms with E-state index in [1.165, 1.54) is 37.8 Å². The van der Waals surface area contributed by atoms with Gasteiger partial charge in [-0.25, -0.2) is 0 Å². The zero-order chi connectivity index (χ0) is 21.8. The first-order chi connectivity index (χ1) is 15.0. The molecule has 0 spiro atoms. The summed E-state index contributed by atoms with van der Waals surface area (Å²) in [6.45, 7) is 8.47. The molecule has 2 fully saturated rings. The minimum Gasteiger partial charge on any atom is -0.377 e. The summed E-state index contributed by atoms with van der Waals surface area (Å²) in [5, 5.41) is 13.9. The van der Waals surface area contributed by atoms with E-state index in [1.807, 2.05) is 19.1 Å². The fraction of sp³-hybridized carbons (Fsp3) is 0.500. The van der Waals surface area contributed by atoms with Crippen LogP contribution < -0.4 is 10.2 Å². The lowest BCUT2D eigenvalue weighted by Gasteiger charge is -2.41. The Morgan fingerprint density at radius 2 is 1.77 bits per heavy atom. The summed E-state index contributed by atoms with van der Waals surface area (Å²) in [4.78, 5) is 5.15. The molecule has 4 rings (SSSR count). The van der Waals surface area contributed by atoms with E-state index in [9.17, 15) is 5.26 Å². The highest BCUT2D eigenvalue weighted by Gasteiger charge is 2.25. The standard InChI is InChI=1S/C26H33ClN4/c1-19-8-11-24(25(27)16-19)20(2)29-26-17-23(10-9-21(26)18-28)31-14-12-30(13-15-31)22-6-4-3-5-7-22/h8-11,16-17,20,22,29H,3-7,12-15H2,1-2H3. The predicted octanol–water partition coefficient (Wildman–Crippen LogP) is 6.15.